The van der Waals surface area contributed by atoms with Crippen molar-refractivity contribution in [3.8, 4) is 0 Å². The van der Waals surface area contributed by atoms with Crippen LogP contribution in [0, 0.1) is 5.82 Å². The van der Waals surface area contributed by atoms with Crippen LogP contribution >= 0.6 is 0 Å². The molecule has 1 saturated heterocycles. The van der Waals surface area contributed by atoms with E-state index in [1.807, 2.05) is 12.3 Å². The Morgan fingerprint density at radius 2 is 1.79 bits per heavy atom. The number of nitrogens with zero attached hydrogens (tertiary/aromatic N) is 3. The highest BCUT2D eigenvalue weighted by Crippen LogP contribution is 2.25. The third-order valence-electron chi connectivity index (χ3n) is 5.16. The zero-order valence-corrected chi connectivity index (χ0v) is 15.6. The van der Waals surface area contributed by atoms with E-state index in [2.05, 4.69) is 44.4 Å². The van der Waals surface area contributed by atoms with Crippen molar-refractivity contribution in [2.45, 2.75) is 0 Å². The third kappa shape index (κ3) is 3.97. The van der Waals surface area contributed by atoms with Gasteiger partial charge in [0, 0.05) is 50.9 Å². The van der Waals surface area contributed by atoms with Crippen LogP contribution in [-0.2, 0) is 0 Å². The van der Waals surface area contributed by atoms with Gasteiger partial charge in [-0.1, -0.05) is 30.3 Å². The van der Waals surface area contributed by atoms with E-state index in [0.717, 1.165) is 43.6 Å². The van der Waals surface area contributed by atoms with Gasteiger partial charge >= 0.3 is 0 Å². The van der Waals surface area contributed by atoms with Gasteiger partial charge in [0.05, 0.1) is 16.8 Å². The highest BCUT2D eigenvalue weighted by Gasteiger charge is 2.19. The van der Waals surface area contributed by atoms with Crippen LogP contribution in [0.1, 0.15) is 10.4 Å². The smallest absolute Gasteiger partial charge is 0.254 e. The number of nitrogens with one attached hydrogen (secondary N) is 1. The van der Waals surface area contributed by atoms with E-state index in [1.165, 1.54) is 17.8 Å². The van der Waals surface area contributed by atoms with E-state index in [9.17, 15) is 9.18 Å². The maximum Gasteiger partial charge on any atom is 0.254 e. The maximum absolute atomic E-state index is 13.7. The third-order valence-corrected chi connectivity index (χ3v) is 5.16. The number of amides is 1. The standard InChI is InChI=1S/C22H23FN4O/c23-19-8-2-1-7-18(19)22(28)25-11-12-26-13-15-27(16-14-26)20-9-3-5-17-6-4-10-24-21(17)20/h1-10H,11-16H2,(H,25,28). The van der Waals surface area contributed by atoms with Crippen LogP contribution in [0.3, 0.4) is 0 Å². The van der Waals surface area contributed by atoms with Crippen LogP contribution in [0.25, 0.3) is 10.9 Å². The lowest BCUT2D eigenvalue weighted by atomic mass is 10.1. The van der Waals surface area contributed by atoms with E-state index < -0.39 is 5.82 Å². The second kappa shape index (κ2) is 8.35. The summed E-state index contributed by atoms with van der Waals surface area (Å²) in [4.78, 5) is 21.3. The molecule has 0 saturated carbocycles. The topological polar surface area (TPSA) is 48.5 Å². The number of hydrogen-bond acceptors (Lipinski definition) is 4. The highest BCUT2D eigenvalue weighted by molar-refractivity contribution is 5.94. The number of anilines is 1. The lowest BCUT2D eigenvalue weighted by Crippen LogP contribution is -2.48. The zero-order chi connectivity index (χ0) is 19.3. The lowest BCUT2D eigenvalue weighted by Gasteiger charge is -2.36. The number of hydrogen-bond donors (Lipinski definition) is 1. The van der Waals surface area contributed by atoms with Gasteiger partial charge in [-0.3, -0.25) is 14.7 Å². The predicted molar refractivity (Wildman–Crippen MR) is 109 cm³/mol. The van der Waals surface area contributed by atoms with Crippen LogP contribution in [-0.4, -0.2) is 55.1 Å². The Hall–Kier alpha value is -2.99. The van der Waals surface area contributed by atoms with Crippen molar-refractivity contribution in [2.24, 2.45) is 0 Å². The Labute approximate surface area is 163 Å². The van der Waals surface area contributed by atoms with E-state index in [-0.39, 0.29) is 11.5 Å². The Bertz CT molecular complexity index is 964. The number of rotatable bonds is 5. The summed E-state index contributed by atoms with van der Waals surface area (Å²) in [6, 6.07) is 16.4. The minimum Gasteiger partial charge on any atom is -0.367 e. The zero-order valence-electron chi connectivity index (χ0n) is 15.6. The number of para-hydroxylation sites is 1. The quantitative estimate of drug-likeness (QED) is 0.742. The minimum absolute atomic E-state index is 0.0933. The molecule has 0 bridgehead atoms. The molecular weight excluding hydrogens is 355 g/mol. The summed E-state index contributed by atoms with van der Waals surface area (Å²) in [5.41, 5.74) is 2.30. The van der Waals surface area contributed by atoms with Crippen molar-refractivity contribution in [3.05, 3.63) is 72.2 Å². The van der Waals surface area contributed by atoms with Gasteiger partial charge in [0.15, 0.2) is 0 Å². The molecule has 2 heterocycles. The SMILES string of the molecule is O=C(NCCN1CCN(c2cccc3cccnc23)CC1)c1ccccc1F. The van der Waals surface area contributed by atoms with Gasteiger partial charge in [0.1, 0.15) is 5.82 Å². The molecule has 0 unspecified atom stereocenters. The number of fused-ring (bicyclic) bond motifs is 1. The predicted octanol–water partition coefficient (Wildman–Crippen LogP) is 2.93. The summed E-state index contributed by atoms with van der Waals surface area (Å²) < 4.78 is 13.7. The molecular formula is C22H23FN4O. The minimum atomic E-state index is -0.489. The van der Waals surface area contributed by atoms with E-state index in [1.54, 1.807) is 12.1 Å². The molecule has 2 aromatic carbocycles. The summed E-state index contributed by atoms with van der Waals surface area (Å²) in [6.07, 6.45) is 1.83. The van der Waals surface area contributed by atoms with E-state index in [0.29, 0.717) is 6.54 Å². The van der Waals surface area contributed by atoms with Crippen molar-refractivity contribution in [1.29, 1.82) is 0 Å². The number of carbonyl (C=O) groups excluding carboxylic acids is 1. The molecule has 28 heavy (non-hydrogen) atoms. The van der Waals surface area contributed by atoms with E-state index in [4.69, 9.17) is 0 Å². The molecule has 0 atom stereocenters. The number of halogens is 1. The fourth-order valence-corrected chi connectivity index (χ4v) is 3.62. The van der Waals surface area contributed by atoms with Crippen molar-refractivity contribution in [1.82, 2.24) is 15.2 Å². The number of benzene rings is 2. The first kappa shape index (κ1) is 18.4. The molecule has 1 aliphatic heterocycles. The van der Waals surface area contributed by atoms with Crippen LogP contribution in [0.2, 0.25) is 0 Å². The van der Waals surface area contributed by atoms with Gasteiger partial charge in [-0.15, -0.1) is 0 Å². The van der Waals surface area contributed by atoms with Gasteiger partial charge < -0.3 is 10.2 Å². The van der Waals surface area contributed by atoms with Gasteiger partial charge in [-0.05, 0) is 24.3 Å². The molecule has 3 aromatic rings. The largest absolute Gasteiger partial charge is 0.367 e. The van der Waals surface area contributed by atoms with Crippen molar-refractivity contribution in [2.75, 3.05) is 44.2 Å². The first-order valence-electron chi connectivity index (χ1n) is 9.56. The van der Waals surface area contributed by atoms with Crippen LogP contribution < -0.4 is 10.2 Å². The Morgan fingerprint density at radius 1 is 1.00 bits per heavy atom. The summed E-state index contributed by atoms with van der Waals surface area (Å²) in [7, 11) is 0. The van der Waals surface area contributed by atoms with Gasteiger partial charge in [0.25, 0.3) is 5.91 Å². The van der Waals surface area contributed by atoms with Gasteiger partial charge in [0.2, 0.25) is 0 Å². The monoisotopic (exact) mass is 378 g/mol. The van der Waals surface area contributed by atoms with Crippen LogP contribution in [0.4, 0.5) is 10.1 Å². The van der Waals surface area contributed by atoms with Crippen molar-refractivity contribution < 1.29 is 9.18 Å². The van der Waals surface area contributed by atoms with Crippen molar-refractivity contribution >= 4 is 22.5 Å². The van der Waals surface area contributed by atoms with Gasteiger partial charge in [-0.2, -0.15) is 0 Å². The molecule has 1 aliphatic rings. The molecule has 4 rings (SSSR count). The molecule has 1 aromatic heterocycles. The Morgan fingerprint density at radius 3 is 2.61 bits per heavy atom. The number of aromatic nitrogens is 1. The first-order valence-corrected chi connectivity index (χ1v) is 9.56. The molecule has 6 heteroatoms. The average Bonchev–Trinajstić information content (AvgIpc) is 2.74. The lowest BCUT2D eigenvalue weighted by molar-refractivity contribution is 0.0943. The molecule has 0 spiro atoms. The molecule has 0 aliphatic carbocycles. The van der Waals surface area contributed by atoms with Crippen LogP contribution in [0.15, 0.2) is 60.8 Å². The molecule has 1 N–H and O–H groups in total. The maximum atomic E-state index is 13.7. The highest BCUT2D eigenvalue weighted by atomic mass is 19.1. The molecule has 144 valence electrons. The molecule has 0 radical (unpaired) electrons. The second-order valence-electron chi connectivity index (χ2n) is 6.92. The normalized spacial score (nSPS) is 15.0. The molecule has 5 nitrogen and oxygen atoms in total. The second-order valence-corrected chi connectivity index (χ2v) is 6.92. The number of piperazine rings is 1. The van der Waals surface area contributed by atoms with E-state index >= 15 is 0 Å². The Kier molecular flexibility index (Phi) is 5.48. The number of carbonyl (C=O) groups is 1. The Balaban J connectivity index is 1.29. The fourth-order valence-electron chi connectivity index (χ4n) is 3.62. The first-order chi connectivity index (χ1) is 13.7. The number of pyridine rings is 1. The molecule has 1 fully saturated rings. The fraction of sp³-hybridized carbons (Fsp3) is 0.273. The summed E-state index contributed by atoms with van der Waals surface area (Å²) in [5, 5.41) is 3.96. The summed E-state index contributed by atoms with van der Waals surface area (Å²) in [5.74, 6) is -0.851. The van der Waals surface area contributed by atoms with Crippen LogP contribution in [0.5, 0.6) is 0 Å². The summed E-state index contributed by atoms with van der Waals surface area (Å²) in [6.45, 7) is 4.91. The van der Waals surface area contributed by atoms with Crippen molar-refractivity contribution in [3.63, 3.8) is 0 Å². The van der Waals surface area contributed by atoms with Gasteiger partial charge in [-0.25, -0.2) is 4.39 Å². The summed E-state index contributed by atoms with van der Waals surface area (Å²) >= 11 is 0. The average molecular weight is 378 g/mol. The molecule has 1 amide bonds.